The van der Waals surface area contributed by atoms with Crippen molar-refractivity contribution in [3.63, 3.8) is 0 Å². The third kappa shape index (κ3) is 6.82. The van der Waals surface area contributed by atoms with Gasteiger partial charge in [0.15, 0.2) is 0 Å². The maximum Gasteiger partial charge on any atom is 0.252 e. The van der Waals surface area contributed by atoms with Crippen molar-refractivity contribution in [2.24, 2.45) is 11.8 Å². The maximum absolute atomic E-state index is 13.1. The second-order valence-corrected chi connectivity index (χ2v) is 11.3. The Kier molecular flexibility index (Phi) is 8.91. The molecule has 0 aromatic heterocycles. The average Bonchev–Trinajstić information content (AvgIpc) is 2.86. The molecule has 0 bridgehead atoms. The molecule has 1 heterocycles. The molecule has 9 heteroatoms. The Labute approximate surface area is 208 Å². The monoisotopic (exact) mass is 501 g/mol. The third-order valence-electron chi connectivity index (χ3n) is 6.21. The number of sulfonamides is 1. The van der Waals surface area contributed by atoms with Crippen molar-refractivity contribution in [3.05, 3.63) is 59.7 Å². The lowest BCUT2D eigenvalue weighted by Gasteiger charge is -2.35. The van der Waals surface area contributed by atoms with Crippen LogP contribution in [0.1, 0.15) is 42.6 Å². The lowest BCUT2D eigenvalue weighted by molar-refractivity contribution is -0.124. The maximum atomic E-state index is 13.1. The Morgan fingerprint density at radius 1 is 1.09 bits per heavy atom. The summed E-state index contributed by atoms with van der Waals surface area (Å²) >= 11 is 0. The van der Waals surface area contributed by atoms with Crippen LogP contribution in [-0.4, -0.2) is 57.3 Å². The van der Waals surface area contributed by atoms with E-state index in [1.165, 1.54) is 11.4 Å². The Morgan fingerprint density at radius 2 is 1.74 bits per heavy atom. The van der Waals surface area contributed by atoms with Gasteiger partial charge in [-0.05, 0) is 61.9 Å². The zero-order valence-corrected chi connectivity index (χ0v) is 21.6. The first kappa shape index (κ1) is 26.7. The molecule has 8 nitrogen and oxygen atoms in total. The molecule has 0 radical (unpaired) electrons. The molecule has 2 N–H and O–H groups in total. The molecule has 1 atom stereocenters. The van der Waals surface area contributed by atoms with Gasteiger partial charge in [0, 0.05) is 25.2 Å². The minimum atomic E-state index is -3.61. The van der Waals surface area contributed by atoms with Gasteiger partial charge in [0.2, 0.25) is 15.9 Å². The lowest BCUT2D eigenvalue weighted by Crippen LogP contribution is -2.54. The van der Waals surface area contributed by atoms with Gasteiger partial charge in [0.1, 0.15) is 11.8 Å². The largest absolute Gasteiger partial charge is 0.497 e. The van der Waals surface area contributed by atoms with Crippen LogP contribution in [-0.2, 0) is 14.8 Å². The summed E-state index contributed by atoms with van der Waals surface area (Å²) in [5, 5.41) is 5.82. The number of nitrogens with zero attached hydrogens (tertiary/aromatic N) is 1. The Morgan fingerprint density at radius 3 is 2.34 bits per heavy atom. The van der Waals surface area contributed by atoms with E-state index in [1.54, 1.807) is 48.5 Å². The molecule has 1 saturated heterocycles. The predicted molar refractivity (Wildman–Crippen MR) is 135 cm³/mol. The van der Waals surface area contributed by atoms with Crippen molar-refractivity contribution in [2.45, 2.75) is 44.6 Å². The summed E-state index contributed by atoms with van der Waals surface area (Å²) in [5.41, 5.74) is 1.38. The molecule has 0 saturated carbocycles. The summed E-state index contributed by atoms with van der Waals surface area (Å²) in [4.78, 5) is 26.3. The van der Waals surface area contributed by atoms with Gasteiger partial charge < -0.3 is 15.4 Å². The fourth-order valence-electron chi connectivity index (χ4n) is 4.11. The molecule has 1 fully saturated rings. The van der Waals surface area contributed by atoms with Crippen LogP contribution in [0.25, 0.3) is 0 Å². The van der Waals surface area contributed by atoms with Crippen LogP contribution >= 0.6 is 0 Å². The van der Waals surface area contributed by atoms with Crippen LogP contribution in [0.2, 0.25) is 0 Å². The predicted octanol–water partition coefficient (Wildman–Crippen LogP) is 2.98. The summed E-state index contributed by atoms with van der Waals surface area (Å²) < 4.78 is 32.8. The van der Waals surface area contributed by atoms with Gasteiger partial charge in [0.05, 0.1) is 12.0 Å². The summed E-state index contributed by atoms with van der Waals surface area (Å²) in [5.74, 6) is -0.0115. The highest BCUT2D eigenvalue weighted by atomic mass is 32.2. The number of piperidine rings is 1. The van der Waals surface area contributed by atoms with Crippen molar-refractivity contribution in [2.75, 3.05) is 26.7 Å². The molecule has 190 valence electrons. The molecule has 1 aliphatic heterocycles. The minimum Gasteiger partial charge on any atom is -0.497 e. The normalized spacial score (nSPS) is 16.0. The molecule has 3 rings (SSSR count). The van der Waals surface area contributed by atoms with E-state index in [-0.39, 0.29) is 41.6 Å². The van der Waals surface area contributed by atoms with Crippen molar-refractivity contribution >= 4 is 21.8 Å². The molecular weight excluding hydrogens is 466 g/mol. The Hall–Kier alpha value is -2.91. The fourth-order valence-corrected chi connectivity index (χ4v) is 5.58. The van der Waals surface area contributed by atoms with Crippen molar-refractivity contribution in [3.8, 4) is 5.75 Å². The number of methoxy groups -OCH3 is 1. The third-order valence-corrected chi connectivity index (χ3v) is 8.13. The first-order valence-electron chi connectivity index (χ1n) is 11.9. The van der Waals surface area contributed by atoms with Crippen molar-refractivity contribution < 1.29 is 22.7 Å². The van der Waals surface area contributed by atoms with E-state index >= 15 is 0 Å². The van der Waals surface area contributed by atoms with E-state index in [9.17, 15) is 18.0 Å². The first-order chi connectivity index (χ1) is 16.6. The van der Waals surface area contributed by atoms with Crippen LogP contribution in [0.4, 0.5) is 0 Å². The molecule has 35 heavy (non-hydrogen) atoms. The van der Waals surface area contributed by atoms with E-state index < -0.39 is 16.1 Å². The topological polar surface area (TPSA) is 105 Å². The van der Waals surface area contributed by atoms with Crippen LogP contribution in [0.3, 0.4) is 0 Å². The highest BCUT2D eigenvalue weighted by Crippen LogP contribution is 2.26. The quantitative estimate of drug-likeness (QED) is 0.550. The summed E-state index contributed by atoms with van der Waals surface area (Å²) in [6.45, 7) is 6.96. The number of rotatable bonds is 9. The minimum absolute atomic E-state index is 0.193. The smallest absolute Gasteiger partial charge is 0.252 e. The van der Waals surface area contributed by atoms with E-state index in [1.807, 2.05) is 20.8 Å². The van der Waals surface area contributed by atoms with Crippen molar-refractivity contribution in [1.82, 2.24) is 14.9 Å². The zero-order chi connectivity index (χ0) is 25.6. The number of hydrogen-bond donors (Lipinski definition) is 2. The van der Waals surface area contributed by atoms with Gasteiger partial charge in [-0.15, -0.1) is 0 Å². The Bertz CT molecular complexity index is 1120. The van der Waals surface area contributed by atoms with Gasteiger partial charge >= 0.3 is 0 Å². The van der Waals surface area contributed by atoms with Gasteiger partial charge in [-0.1, -0.05) is 37.6 Å². The van der Waals surface area contributed by atoms with Gasteiger partial charge in [0.25, 0.3) is 5.91 Å². The summed E-state index contributed by atoms with van der Waals surface area (Å²) in [6.07, 6.45) is 0.923. The molecule has 2 aromatic rings. The van der Waals surface area contributed by atoms with Gasteiger partial charge in [-0.25, -0.2) is 8.42 Å². The van der Waals surface area contributed by atoms with E-state index in [2.05, 4.69) is 10.6 Å². The number of aryl methyl sites for hydroxylation is 1. The average molecular weight is 502 g/mol. The summed E-state index contributed by atoms with van der Waals surface area (Å²) in [7, 11) is -2.09. The van der Waals surface area contributed by atoms with Crippen LogP contribution in [0, 0.1) is 18.8 Å². The van der Waals surface area contributed by atoms with Gasteiger partial charge in [-0.2, -0.15) is 4.31 Å². The number of carbonyl (C=O) groups excluding carboxylic acids is 2. The van der Waals surface area contributed by atoms with Crippen molar-refractivity contribution in [1.29, 1.82) is 0 Å². The Balaban J connectivity index is 1.74. The second kappa shape index (κ2) is 11.7. The molecule has 2 amide bonds. The van der Waals surface area contributed by atoms with Gasteiger partial charge in [-0.3, -0.25) is 9.59 Å². The molecular formula is C26H35N3O5S. The molecule has 2 aromatic carbocycles. The fraction of sp³-hybridized carbons (Fsp3) is 0.462. The van der Waals surface area contributed by atoms with E-state index in [4.69, 9.17) is 4.74 Å². The number of nitrogens with one attached hydrogen (secondary N) is 2. The number of amides is 2. The van der Waals surface area contributed by atoms with E-state index in [0.29, 0.717) is 30.7 Å². The van der Waals surface area contributed by atoms with Crippen LogP contribution < -0.4 is 15.4 Å². The highest BCUT2D eigenvalue weighted by Gasteiger charge is 2.36. The van der Waals surface area contributed by atoms with E-state index in [0.717, 1.165) is 5.56 Å². The molecule has 0 unspecified atom stereocenters. The molecule has 0 aliphatic carbocycles. The molecule has 1 aliphatic rings. The number of ether oxygens (including phenoxy) is 1. The van der Waals surface area contributed by atoms with Crippen LogP contribution in [0.5, 0.6) is 5.75 Å². The summed E-state index contributed by atoms with van der Waals surface area (Å²) in [6, 6.07) is 12.8. The van der Waals surface area contributed by atoms with Crippen LogP contribution in [0.15, 0.2) is 53.4 Å². The second-order valence-electron chi connectivity index (χ2n) is 9.38. The SMILES string of the molecule is COc1cccc(C(=O)N[C@@H](C(=O)NCC(C)C)C2CCN(S(=O)(=O)c3ccc(C)cc3)CC2)c1. The lowest BCUT2D eigenvalue weighted by atomic mass is 9.89. The standard InChI is InChI=1S/C26H35N3O5S/c1-18(2)17-27-26(31)24(28-25(30)21-6-5-7-22(16-21)34-4)20-12-14-29(15-13-20)35(32,33)23-10-8-19(3)9-11-23/h5-11,16,18,20,24H,12-15,17H2,1-4H3,(H,27,31)(H,28,30)/t24-/m1/s1. The first-order valence-corrected chi connectivity index (χ1v) is 13.3. The zero-order valence-electron chi connectivity index (χ0n) is 20.8. The highest BCUT2D eigenvalue weighted by molar-refractivity contribution is 7.89. The molecule has 0 spiro atoms. The number of hydrogen-bond acceptors (Lipinski definition) is 5. The number of benzene rings is 2. The number of carbonyl (C=O) groups is 2.